The molecule has 22 heavy (non-hydrogen) atoms. The third kappa shape index (κ3) is 2.13. The molecule has 0 N–H and O–H groups in total. The van der Waals surface area contributed by atoms with Crippen LogP contribution in [0, 0.1) is 40.5 Å². The predicted octanol–water partition coefficient (Wildman–Crippen LogP) is 2.47. The number of nitrogens with zero attached hydrogens (tertiary/aromatic N) is 4. The van der Waals surface area contributed by atoms with Crippen LogP contribution >= 0.6 is 0 Å². The summed E-state index contributed by atoms with van der Waals surface area (Å²) in [5.74, 6) is 0. The van der Waals surface area contributed by atoms with Crippen molar-refractivity contribution in [3.8, 4) is 0 Å². The van der Waals surface area contributed by atoms with Crippen molar-refractivity contribution < 1.29 is 19.7 Å². The molecule has 0 spiro atoms. The number of rotatable bonds is 4. The van der Waals surface area contributed by atoms with E-state index in [9.17, 15) is 40.5 Å². The molecular formula is C10H4N4O8. The summed E-state index contributed by atoms with van der Waals surface area (Å²) in [6.45, 7) is 0. The summed E-state index contributed by atoms with van der Waals surface area (Å²) in [7, 11) is 0. The van der Waals surface area contributed by atoms with Crippen LogP contribution in [-0.2, 0) is 0 Å². The van der Waals surface area contributed by atoms with E-state index in [-0.39, 0.29) is 0 Å². The monoisotopic (exact) mass is 308 g/mol. The first-order valence-corrected chi connectivity index (χ1v) is 5.43. The van der Waals surface area contributed by atoms with Crippen LogP contribution in [0.15, 0.2) is 24.3 Å². The maximum Gasteiger partial charge on any atom is 0.354 e. The van der Waals surface area contributed by atoms with Crippen molar-refractivity contribution in [2.75, 3.05) is 0 Å². The Morgan fingerprint density at radius 1 is 0.545 bits per heavy atom. The van der Waals surface area contributed by atoms with Gasteiger partial charge in [-0.05, 0) is 12.1 Å². The quantitative estimate of drug-likeness (QED) is 0.611. The van der Waals surface area contributed by atoms with E-state index < -0.39 is 53.2 Å². The topological polar surface area (TPSA) is 173 Å². The molecule has 0 bridgehead atoms. The Morgan fingerprint density at radius 3 is 1.09 bits per heavy atom. The summed E-state index contributed by atoms with van der Waals surface area (Å²) in [6.07, 6.45) is 0. The summed E-state index contributed by atoms with van der Waals surface area (Å²) in [5.41, 5.74) is -3.64. The van der Waals surface area contributed by atoms with Crippen LogP contribution in [-0.4, -0.2) is 19.7 Å². The van der Waals surface area contributed by atoms with Gasteiger partial charge in [0.2, 0.25) is 0 Å². The van der Waals surface area contributed by atoms with Gasteiger partial charge in [0.15, 0.2) is 0 Å². The average Bonchev–Trinajstić information content (AvgIpc) is 2.43. The van der Waals surface area contributed by atoms with Crippen LogP contribution in [0.1, 0.15) is 0 Å². The van der Waals surface area contributed by atoms with Crippen molar-refractivity contribution in [2.24, 2.45) is 0 Å². The highest BCUT2D eigenvalue weighted by Crippen LogP contribution is 2.42. The lowest BCUT2D eigenvalue weighted by Gasteiger charge is -2.02. The first-order chi connectivity index (χ1) is 10.3. The second-order valence-corrected chi connectivity index (χ2v) is 3.99. The maximum absolute atomic E-state index is 11.0. The van der Waals surface area contributed by atoms with Crippen molar-refractivity contribution in [3.05, 3.63) is 64.7 Å². The lowest BCUT2D eigenvalue weighted by atomic mass is 10.0. The molecule has 12 heteroatoms. The maximum atomic E-state index is 11.0. The van der Waals surface area contributed by atoms with Gasteiger partial charge in [0, 0.05) is 12.1 Å². The summed E-state index contributed by atoms with van der Waals surface area (Å²) in [5, 5.41) is 42.9. The fraction of sp³-hybridized carbons (Fsp3) is 0. The van der Waals surface area contributed by atoms with Crippen LogP contribution in [0.25, 0.3) is 10.8 Å². The van der Waals surface area contributed by atoms with E-state index in [1.54, 1.807) is 0 Å². The summed E-state index contributed by atoms with van der Waals surface area (Å²) in [4.78, 5) is 39.6. The zero-order valence-electron chi connectivity index (χ0n) is 10.4. The van der Waals surface area contributed by atoms with Gasteiger partial charge in [0.25, 0.3) is 0 Å². The Morgan fingerprint density at radius 2 is 0.864 bits per heavy atom. The van der Waals surface area contributed by atoms with Crippen LogP contribution in [0.5, 0.6) is 0 Å². The molecule has 0 atom stereocenters. The minimum atomic E-state index is -1.06. The predicted molar refractivity (Wildman–Crippen MR) is 70.6 cm³/mol. The van der Waals surface area contributed by atoms with Gasteiger partial charge in [-0.15, -0.1) is 0 Å². The standard InChI is InChI=1S/C10H4N4O8/c15-11(16)7-3-1-5-6(10(7)14(21)22)2-4-8(12(17)18)9(5)13(19)20/h1-4H. The summed E-state index contributed by atoms with van der Waals surface area (Å²) < 4.78 is 0. The zero-order chi connectivity index (χ0) is 16.6. The molecule has 112 valence electrons. The molecule has 0 fully saturated rings. The molecule has 2 aromatic carbocycles. The minimum Gasteiger partial charge on any atom is -0.258 e. The number of nitro groups is 4. The van der Waals surface area contributed by atoms with Crippen LogP contribution in [0.3, 0.4) is 0 Å². The normalized spacial score (nSPS) is 10.4. The molecule has 0 heterocycles. The Kier molecular flexibility index (Phi) is 3.35. The number of fused-ring (bicyclic) bond motifs is 1. The van der Waals surface area contributed by atoms with E-state index in [0.29, 0.717) is 12.1 Å². The van der Waals surface area contributed by atoms with E-state index in [1.165, 1.54) is 0 Å². The molecule has 2 rings (SSSR count). The Hall–Kier alpha value is -3.70. The van der Waals surface area contributed by atoms with Gasteiger partial charge in [-0.25, -0.2) is 0 Å². The van der Waals surface area contributed by atoms with Gasteiger partial charge in [-0.1, -0.05) is 0 Å². The molecule has 12 nitrogen and oxygen atoms in total. The molecule has 0 aliphatic heterocycles. The van der Waals surface area contributed by atoms with E-state index in [4.69, 9.17) is 0 Å². The average molecular weight is 308 g/mol. The first kappa shape index (κ1) is 14.7. The van der Waals surface area contributed by atoms with Crippen molar-refractivity contribution in [3.63, 3.8) is 0 Å². The SMILES string of the molecule is O=[N+]([O-])c1ccc2c([N+](=O)[O-])c([N+](=O)[O-])ccc2c1[N+](=O)[O-]. The highest BCUT2D eigenvalue weighted by Gasteiger charge is 2.34. The van der Waals surface area contributed by atoms with Gasteiger partial charge < -0.3 is 0 Å². The van der Waals surface area contributed by atoms with E-state index >= 15 is 0 Å². The van der Waals surface area contributed by atoms with Crippen LogP contribution in [0.2, 0.25) is 0 Å². The van der Waals surface area contributed by atoms with Gasteiger partial charge in [0.1, 0.15) is 0 Å². The van der Waals surface area contributed by atoms with Crippen molar-refractivity contribution in [1.29, 1.82) is 0 Å². The van der Waals surface area contributed by atoms with Crippen molar-refractivity contribution >= 4 is 33.5 Å². The highest BCUT2D eigenvalue weighted by atomic mass is 16.6. The second kappa shape index (κ2) is 5.01. The molecule has 0 aliphatic rings. The number of benzene rings is 2. The minimum absolute atomic E-state index is 0.420. The van der Waals surface area contributed by atoms with Crippen molar-refractivity contribution in [1.82, 2.24) is 0 Å². The molecule has 0 saturated heterocycles. The largest absolute Gasteiger partial charge is 0.354 e. The van der Waals surface area contributed by atoms with E-state index in [1.807, 2.05) is 0 Å². The molecule has 0 saturated carbocycles. The Labute approximate surface area is 119 Å². The smallest absolute Gasteiger partial charge is 0.258 e. The molecule has 0 aromatic heterocycles. The van der Waals surface area contributed by atoms with Crippen LogP contribution in [0.4, 0.5) is 22.7 Å². The second-order valence-electron chi connectivity index (χ2n) is 3.99. The highest BCUT2D eigenvalue weighted by molar-refractivity contribution is 6.02. The van der Waals surface area contributed by atoms with E-state index in [0.717, 1.165) is 12.1 Å². The number of hydrogen-bond acceptors (Lipinski definition) is 8. The Balaban J connectivity index is 3.03. The van der Waals surface area contributed by atoms with Crippen LogP contribution < -0.4 is 0 Å². The fourth-order valence-electron chi connectivity index (χ4n) is 2.03. The lowest BCUT2D eigenvalue weighted by molar-refractivity contribution is -0.422. The third-order valence-electron chi connectivity index (χ3n) is 2.86. The van der Waals surface area contributed by atoms with Gasteiger partial charge in [-0.2, -0.15) is 0 Å². The molecule has 2 aromatic rings. The number of nitro benzene ring substituents is 4. The van der Waals surface area contributed by atoms with Gasteiger partial charge >= 0.3 is 22.7 Å². The third-order valence-corrected chi connectivity index (χ3v) is 2.86. The molecule has 0 unspecified atom stereocenters. The molecule has 0 radical (unpaired) electrons. The molecular weight excluding hydrogens is 304 g/mol. The Bertz CT molecular complexity index is 790. The first-order valence-electron chi connectivity index (χ1n) is 5.43. The molecule has 0 amide bonds. The number of hydrogen-bond donors (Lipinski definition) is 0. The zero-order valence-corrected chi connectivity index (χ0v) is 10.4. The summed E-state index contributed by atoms with van der Waals surface area (Å²) >= 11 is 0. The lowest BCUT2D eigenvalue weighted by Crippen LogP contribution is -2.01. The van der Waals surface area contributed by atoms with E-state index in [2.05, 4.69) is 0 Å². The summed E-state index contributed by atoms with van der Waals surface area (Å²) in [6, 6.07) is 3.17. The van der Waals surface area contributed by atoms with Gasteiger partial charge in [-0.3, -0.25) is 40.5 Å². The molecule has 0 aliphatic carbocycles. The fourth-order valence-corrected chi connectivity index (χ4v) is 2.03. The van der Waals surface area contributed by atoms with Gasteiger partial charge in [0.05, 0.1) is 30.5 Å². The van der Waals surface area contributed by atoms with Crippen molar-refractivity contribution in [2.45, 2.75) is 0 Å².